The molecule has 6 nitrogen and oxygen atoms in total. The molecule has 0 aliphatic heterocycles. The van der Waals surface area contributed by atoms with E-state index in [1.165, 1.54) is 7.11 Å². The molecule has 2 heterocycles. The van der Waals surface area contributed by atoms with Gasteiger partial charge in [0.25, 0.3) is 5.91 Å². The highest BCUT2D eigenvalue weighted by molar-refractivity contribution is 6.00. The van der Waals surface area contributed by atoms with Gasteiger partial charge in [-0.2, -0.15) is 0 Å². The van der Waals surface area contributed by atoms with Gasteiger partial charge in [0.2, 0.25) is 0 Å². The first-order valence-corrected chi connectivity index (χ1v) is 7.30. The third kappa shape index (κ3) is 2.81. The van der Waals surface area contributed by atoms with E-state index in [0.717, 1.165) is 10.8 Å². The third-order valence-corrected chi connectivity index (χ3v) is 3.63. The average molecular weight is 321 g/mol. The molecule has 3 rings (SSSR count). The number of pyridine rings is 2. The van der Waals surface area contributed by atoms with Crippen molar-refractivity contribution in [1.29, 1.82) is 0 Å². The second kappa shape index (κ2) is 6.45. The highest BCUT2D eigenvalue weighted by Gasteiger charge is 2.15. The number of fused-ring (bicyclic) bond motifs is 1. The van der Waals surface area contributed by atoms with Crippen molar-refractivity contribution in [3.8, 4) is 11.4 Å². The molecule has 0 saturated carbocycles. The zero-order valence-electron chi connectivity index (χ0n) is 13.2. The molecular weight excluding hydrogens is 306 g/mol. The molecule has 0 atom stereocenters. The number of hydrogen-bond acceptors (Lipinski definition) is 5. The van der Waals surface area contributed by atoms with Crippen LogP contribution < -0.4 is 5.32 Å². The van der Waals surface area contributed by atoms with Gasteiger partial charge in [0, 0.05) is 24.2 Å². The fourth-order valence-corrected chi connectivity index (χ4v) is 2.45. The van der Waals surface area contributed by atoms with Crippen molar-refractivity contribution in [2.24, 2.45) is 0 Å². The fourth-order valence-electron chi connectivity index (χ4n) is 2.45. The Hall–Kier alpha value is -3.28. The van der Waals surface area contributed by atoms with Gasteiger partial charge in [-0.25, -0.2) is 9.78 Å². The predicted molar refractivity (Wildman–Crippen MR) is 89.7 cm³/mol. The molecule has 2 aromatic heterocycles. The third-order valence-electron chi connectivity index (χ3n) is 3.63. The smallest absolute Gasteiger partial charge is 0.356 e. The van der Waals surface area contributed by atoms with Crippen LogP contribution in [0.2, 0.25) is 0 Å². The Labute approximate surface area is 138 Å². The first-order chi connectivity index (χ1) is 11.6. The number of aromatic nitrogens is 2. The number of amides is 1. The minimum absolute atomic E-state index is 0.193. The van der Waals surface area contributed by atoms with Crippen LogP contribution in [0.15, 0.2) is 48.7 Å². The van der Waals surface area contributed by atoms with Crippen LogP contribution in [0.25, 0.3) is 22.2 Å². The minimum atomic E-state index is -0.524. The van der Waals surface area contributed by atoms with Crippen molar-refractivity contribution in [3.05, 3.63) is 59.9 Å². The number of methoxy groups -OCH3 is 1. The summed E-state index contributed by atoms with van der Waals surface area (Å²) < 4.78 is 4.77. The highest BCUT2D eigenvalue weighted by atomic mass is 16.5. The van der Waals surface area contributed by atoms with E-state index in [9.17, 15) is 9.59 Å². The van der Waals surface area contributed by atoms with Crippen molar-refractivity contribution in [3.63, 3.8) is 0 Å². The Morgan fingerprint density at radius 2 is 1.92 bits per heavy atom. The maximum absolute atomic E-state index is 11.9. The predicted octanol–water partition coefficient (Wildman–Crippen LogP) is 2.44. The van der Waals surface area contributed by atoms with Crippen LogP contribution in [0.1, 0.15) is 20.8 Å². The number of esters is 1. The Morgan fingerprint density at radius 1 is 1.12 bits per heavy atom. The van der Waals surface area contributed by atoms with Crippen LogP contribution in [0.4, 0.5) is 0 Å². The van der Waals surface area contributed by atoms with E-state index in [0.29, 0.717) is 17.0 Å². The number of hydrogen-bond donors (Lipinski definition) is 1. The van der Waals surface area contributed by atoms with E-state index in [1.54, 1.807) is 31.4 Å². The molecule has 0 fully saturated rings. The quantitative estimate of drug-likeness (QED) is 0.749. The molecule has 0 bridgehead atoms. The fraction of sp³-hybridized carbons (Fsp3) is 0.111. The largest absolute Gasteiger partial charge is 0.464 e. The van der Waals surface area contributed by atoms with Crippen LogP contribution in [0, 0.1) is 0 Å². The first kappa shape index (κ1) is 15.6. The summed E-state index contributed by atoms with van der Waals surface area (Å²) in [5, 5.41) is 4.26. The molecule has 0 unspecified atom stereocenters. The van der Waals surface area contributed by atoms with Gasteiger partial charge >= 0.3 is 5.97 Å². The molecule has 24 heavy (non-hydrogen) atoms. The van der Waals surface area contributed by atoms with Gasteiger partial charge in [-0.3, -0.25) is 9.78 Å². The first-order valence-electron chi connectivity index (χ1n) is 7.30. The summed E-state index contributed by atoms with van der Waals surface area (Å²) in [5.41, 5.74) is 1.70. The number of rotatable bonds is 3. The molecule has 6 heteroatoms. The van der Waals surface area contributed by atoms with Crippen LogP contribution >= 0.6 is 0 Å². The molecular formula is C18H15N3O3. The molecule has 0 radical (unpaired) electrons. The standard InChI is InChI=1S/C18H15N3O3/c1-19-17(22)12-7-8-20-14(10-12)16-13-6-4-3-5-11(13)9-15(21-16)18(23)24-2/h3-10H,1-2H3,(H,19,22). The molecule has 120 valence electrons. The van der Waals surface area contributed by atoms with Gasteiger partial charge in [-0.15, -0.1) is 0 Å². The minimum Gasteiger partial charge on any atom is -0.464 e. The van der Waals surface area contributed by atoms with Gasteiger partial charge in [0.05, 0.1) is 18.5 Å². The molecule has 0 aliphatic carbocycles. The summed E-state index contributed by atoms with van der Waals surface area (Å²) in [5.74, 6) is -0.739. The number of carbonyl (C=O) groups is 2. The molecule has 1 aromatic carbocycles. The second-order valence-corrected chi connectivity index (χ2v) is 5.08. The Balaban J connectivity index is 2.25. The van der Waals surface area contributed by atoms with Crippen molar-refractivity contribution >= 4 is 22.6 Å². The summed E-state index contributed by atoms with van der Waals surface area (Å²) in [4.78, 5) is 32.4. The number of carbonyl (C=O) groups excluding carboxylic acids is 2. The van der Waals surface area contributed by atoms with Crippen LogP contribution in [-0.4, -0.2) is 36.0 Å². The van der Waals surface area contributed by atoms with Crippen molar-refractivity contribution < 1.29 is 14.3 Å². The second-order valence-electron chi connectivity index (χ2n) is 5.08. The van der Waals surface area contributed by atoms with Crippen LogP contribution in [0.5, 0.6) is 0 Å². The Kier molecular flexibility index (Phi) is 4.20. The van der Waals surface area contributed by atoms with Crippen molar-refractivity contribution in [1.82, 2.24) is 15.3 Å². The number of nitrogens with zero attached hydrogens (tertiary/aromatic N) is 2. The van der Waals surface area contributed by atoms with E-state index >= 15 is 0 Å². The lowest BCUT2D eigenvalue weighted by atomic mass is 10.0. The Morgan fingerprint density at radius 3 is 2.67 bits per heavy atom. The number of benzene rings is 1. The van der Waals surface area contributed by atoms with E-state index < -0.39 is 5.97 Å². The lowest BCUT2D eigenvalue weighted by molar-refractivity contribution is 0.0594. The average Bonchev–Trinajstić information content (AvgIpc) is 2.65. The highest BCUT2D eigenvalue weighted by Crippen LogP contribution is 2.27. The van der Waals surface area contributed by atoms with E-state index in [4.69, 9.17) is 4.74 Å². The van der Waals surface area contributed by atoms with Gasteiger partial charge in [0.15, 0.2) is 0 Å². The number of ether oxygens (including phenoxy) is 1. The zero-order chi connectivity index (χ0) is 17.1. The summed E-state index contributed by atoms with van der Waals surface area (Å²) in [6, 6.07) is 12.5. The SMILES string of the molecule is CNC(=O)c1ccnc(-c2nc(C(=O)OC)cc3ccccc23)c1. The van der Waals surface area contributed by atoms with Gasteiger partial charge in [-0.05, 0) is 23.6 Å². The molecule has 0 spiro atoms. The van der Waals surface area contributed by atoms with E-state index in [2.05, 4.69) is 15.3 Å². The number of nitrogens with one attached hydrogen (secondary N) is 1. The summed E-state index contributed by atoms with van der Waals surface area (Å²) in [6.45, 7) is 0. The van der Waals surface area contributed by atoms with Crippen molar-refractivity contribution in [2.45, 2.75) is 0 Å². The van der Waals surface area contributed by atoms with Gasteiger partial charge < -0.3 is 10.1 Å². The summed E-state index contributed by atoms with van der Waals surface area (Å²) >= 11 is 0. The van der Waals surface area contributed by atoms with Crippen LogP contribution in [-0.2, 0) is 4.74 Å². The van der Waals surface area contributed by atoms with Gasteiger partial charge in [0.1, 0.15) is 5.69 Å². The van der Waals surface area contributed by atoms with Crippen LogP contribution in [0.3, 0.4) is 0 Å². The lowest BCUT2D eigenvalue weighted by Gasteiger charge is -2.09. The van der Waals surface area contributed by atoms with Gasteiger partial charge in [-0.1, -0.05) is 24.3 Å². The molecule has 1 amide bonds. The molecule has 0 saturated heterocycles. The van der Waals surface area contributed by atoms with E-state index in [1.807, 2.05) is 24.3 Å². The Bertz CT molecular complexity index is 938. The lowest BCUT2D eigenvalue weighted by Crippen LogP contribution is -2.17. The topological polar surface area (TPSA) is 81.2 Å². The summed E-state index contributed by atoms with van der Waals surface area (Å²) in [6.07, 6.45) is 1.54. The summed E-state index contributed by atoms with van der Waals surface area (Å²) in [7, 11) is 2.87. The maximum atomic E-state index is 11.9. The maximum Gasteiger partial charge on any atom is 0.356 e. The normalized spacial score (nSPS) is 10.4. The monoisotopic (exact) mass is 321 g/mol. The molecule has 1 N–H and O–H groups in total. The zero-order valence-corrected chi connectivity index (χ0v) is 13.2. The molecule has 3 aromatic rings. The van der Waals surface area contributed by atoms with Crippen molar-refractivity contribution in [2.75, 3.05) is 14.2 Å². The van der Waals surface area contributed by atoms with E-state index in [-0.39, 0.29) is 11.6 Å². The molecule has 0 aliphatic rings.